The number of hydrogen-bond donors (Lipinski definition) is 2. The van der Waals surface area contributed by atoms with Crippen LogP contribution in [-0.4, -0.2) is 28.4 Å². The highest BCUT2D eigenvalue weighted by molar-refractivity contribution is 5.88. The maximum Gasteiger partial charge on any atom is 0.335 e. The van der Waals surface area contributed by atoms with E-state index in [0.29, 0.717) is 11.5 Å². The second kappa shape index (κ2) is 6.62. The summed E-state index contributed by atoms with van der Waals surface area (Å²) in [7, 11) is 0. The summed E-state index contributed by atoms with van der Waals surface area (Å²) in [5.41, 5.74) is 0.218. The number of benzene rings is 2. The Labute approximate surface area is 126 Å². The van der Waals surface area contributed by atoms with Gasteiger partial charge in [0.15, 0.2) is 0 Å². The lowest BCUT2D eigenvalue weighted by molar-refractivity contribution is 0.0219. The van der Waals surface area contributed by atoms with E-state index in [1.54, 1.807) is 31.2 Å². The Morgan fingerprint density at radius 1 is 0.864 bits per heavy atom. The number of hydrogen-bond acceptors (Lipinski definition) is 4. The number of ether oxygens (including phenoxy) is 2. The van der Waals surface area contributed by atoms with Crippen molar-refractivity contribution in [1.82, 2.24) is 0 Å². The first-order chi connectivity index (χ1) is 10.5. The molecular weight excluding hydrogens is 288 g/mol. The molecule has 6 nitrogen and oxygen atoms in total. The minimum Gasteiger partial charge on any atom is -0.478 e. The van der Waals surface area contributed by atoms with Gasteiger partial charge >= 0.3 is 11.9 Å². The minimum absolute atomic E-state index is 0.109. The molecule has 2 aromatic rings. The summed E-state index contributed by atoms with van der Waals surface area (Å²) in [6.07, 6.45) is -0.715. The van der Waals surface area contributed by atoms with E-state index in [2.05, 4.69) is 0 Å². The topological polar surface area (TPSA) is 93.1 Å². The molecule has 0 fully saturated rings. The summed E-state index contributed by atoms with van der Waals surface area (Å²) in [4.78, 5) is 21.8. The molecule has 0 spiro atoms. The van der Waals surface area contributed by atoms with Gasteiger partial charge in [-0.1, -0.05) is 12.1 Å². The first-order valence-corrected chi connectivity index (χ1v) is 6.46. The van der Waals surface area contributed by atoms with Gasteiger partial charge in [0.25, 0.3) is 0 Å². The van der Waals surface area contributed by atoms with Crippen LogP contribution in [-0.2, 0) is 0 Å². The van der Waals surface area contributed by atoms with Gasteiger partial charge in [0.2, 0.25) is 6.29 Å². The van der Waals surface area contributed by atoms with Crippen molar-refractivity contribution < 1.29 is 29.3 Å². The normalized spacial score (nSPS) is 10.3. The highest BCUT2D eigenvalue weighted by atomic mass is 16.7. The average molecular weight is 302 g/mol. The molecule has 0 aliphatic heterocycles. The summed E-state index contributed by atoms with van der Waals surface area (Å²) in [6.45, 7) is 1.63. The van der Waals surface area contributed by atoms with Crippen molar-refractivity contribution in [1.29, 1.82) is 0 Å². The van der Waals surface area contributed by atoms with Gasteiger partial charge in [-0.05, 0) is 36.4 Å². The molecule has 0 radical (unpaired) electrons. The largest absolute Gasteiger partial charge is 0.478 e. The van der Waals surface area contributed by atoms with Gasteiger partial charge in [0.05, 0.1) is 11.1 Å². The number of carboxylic acid groups (broad SMARTS) is 2. The van der Waals surface area contributed by atoms with Gasteiger partial charge in [-0.3, -0.25) is 0 Å². The fourth-order valence-corrected chi connectivity index (χ4v) is 1.81. The van der Waals surface area contributed by atoms with E-state index < -0.39 is 18.2 Å². The Hall–Kier alpha value is -3.02. The molecule has 2 rings (SSSR count). The lowest BCUT2D eigenvalue weighted by atomic mass is 10.2. The number of rotatable bonds is 6. The molecule has 6 heteroatoms. The van der Waals surface area contributed by atoms with Crippen molar-refractivity contribution in [2.45, 2.75) is 13.2 Å². The third-order valence-electron chi connectivity index (χ3n) is 2.77. The number of carbonyl (C=O) groups is 2. The lowest BCUT2D eigenvalue weighted by Crippen LogP contribution is -2.20. The van der Waals surface area contributed by atoms with Crippen molar-refractivity contribution >= 4 is 11.9 Å². The zero-order valence-corrected chi connectivity index (χ0v) is 11.7. The highest BCUT2D eigenvalue weighted by Gasteiger charge is 2.10. The molecule has 0 heterocycles. The highest BCUT2D eigenvalue weighted by Crippen LogP contribution is 2.19. The molecule has 0 saturated carbocycles. The molecule has 22 heavy (non-hydrogen) atoms. The second-order valence-electron chi connectivity index (χ2n) is 4.47. The standard InChI is InChI=1S/C16H14O6/c1-10(21-13-6-2-4-11(8-13)15(17)18)22-14-7-3-5-12(9-14)16(19)20/h2-10H,1H3,(H,17,18)(H,19,20). The van der Waals surface area contributed by atoms with E-state index >= 15 is 0 Å². The van der Waals surface area contributed by atoms with E-state index in [1.807, 2.05) is 0 Å². The summed E-state index contributed by atoms with van der Waals surface area (Å²) in [5, 5.41) is 17.8. The van der Waals surface area contributed by atoms with Crippen LogP contribution in [0.3, 0.4) is 0 Å². The zero-order valence-electron chi connectivity index (χ0n) is 11.7. The van der Waals surface area contributed by atoms with E-state index in [9.17, 15) is 9.59 Å². The van der Waals surface area contributed by atoms with Crippen molar-refractivity contribution in [3.63, 3.8) is 0 Å². The average Bonchev–Trinajstić information content (AvgIpc) is 2.47. The molecule has 0 amide bonds. The van der Waals surface area contributed by atoms with Crippen LogP contribution in [0.5, 0.6) is 11.5 Å². The molecule has 0 bridgehead atoms. The van der Waals surface area contributed by atoms with E-state index in [-0.39, 0.29) is 11.1 Å². The maximum absolute atomic E-state index is 10.9. The van der Waals surface area contributed by atoms with Crippen LogP contribution >= 0.6 is 0 Å². The van der Waals surface area contributed by atoms with E-state index in [0.717, 1.165) is 0 Å². The first-order valence-electron chi connectivity index (χ1n) is 6.46. The predicted molar refractivity (Wildman–Crippen MR) is 77.5 cm³/mol. The predicted octanol–water partition coefficient (Wildman–Crippen LogP) is 2.89. The Morgan fingerprint density at radius 2 is 1.27 bits per heavy atom. The third-order valence-corrected chi connectivity index (χ3v) is 2.77. The summed E-state index contributed by atoms with van der Waals surface area (Å²) >= 11 is 0. The zero-order chi connectivity index (χ0) is 16.1. The molecule has 0 saturated heterocycles. The van der Waals surface area contributed by atoms with Crippen LogP contribution < -0.4 is 9.47 Å². The Morgan fingerprint density at radius 3 is 1.64 bits per heavy atom. The molecule has 0 atom stereocenters. The van der Waals surface area contributed by atoms with E-state index in [4.69, 9.17) is 19.7 Å². The fourth-order valence-electron chi connectivity index (χ4n) is 1.81. The summed E-state index contributed by atoms with van der Waals surface area (Å²) in [6, 6.07) is 12.0. The van der Waals surface area contributed by atoms with Crippen LogP contribution in [0, 0.1) is 0 Å². The summed E-state index contributed by atoms with van der Waals surface area (Å²) in [5.74, 6) is -1.40. The number of carboxylic acids is 2. The SMILES string of the molecule is CC(Oc1cccc(C(=O)O)c1)Oc1cccc(C(=O)O)c1. The monoisotopic (exact) mass is 302 g/mol. The molecular formula is C16H14O6. The van der Waals surface area contributed by atoms with Crippen LogP contribution in [0.1, 0.15) is 27.6 Å². The minimum atomic E-state index is -1.05. The lowest BCUT2D eigenvalue weighted by Gasteiger charge is -2.17. The Balaban J connectivity index is 2.05. The molecule has 0 aromatic heterocycles. The first kappa shape index (κ1) is 15.4. The Bertz CT molecular complexity index is 635. The molecule has 0 aliphatic rings. The molecule has 2 aromatic carbocycles. The van der Waals surface area contributed by atoms with Crippen LogP contribution in [0.25, 0.3) is 0 Å². The fraction of sp³-hybridized carbons (Fsp3) is 0.125. The number of aromatic carboxylic acids is 2. The molecule has 114 valence electrons. The van der Waals surface area contributed by atoms with Crippen LogP contribution in [0.15, 0.2) is 48.5 Å². The van der Waals surface area contributed by atoms with Gasteiger partial charge in [-0.15, -0.1) is 0 Å². The van der Waals surface area contributed by atoms with Gasteiger partial charge in [-0.25, -0.2) is 9.59 Å². The van der Waals surface area contributed by atoms with Crippen molar-refractivity contribution in [3.05, 3.63) is 59.7 Å². The third kappa shape index (κ3) is 3.99. The molecule has 0 aliphatic carbocycles. The second-order valence-corrected chi connectivity index (χ2v) is 4.47. The van der Waals surface area contributed by atoms with Crippen molar-refractivity contribution in [2.24, 2.45) is 0 Å². The summed E-state index contributed by atoms with van der Waals surface area (Å²) < 4.78 is 11.0. The quantitative estimate of drug-likeness (QED) is 0.797. The van der Waals surface area contributed by atoms with Crippen LogP contribution in [0.2, 0.25) is 0 Å². The molecule has 2 N–H and O–H groups in total. The maximum atomic E-state index is 10.9. The van der Waals surface area contributed by atoms with Gasteiger partial charge in [0.1, 0.15) is 11.5 Å². The smallest absolute Gasteiger partial charge is 0.335 e. The van der Waals surface area contributed by atoms with Gasteiger partial charge in [-0.2, -0.15) is 0 Å². The van der Waals surface area contributed by atoms with Gasteiger partial charge in [0, 0.05) is 6.92 Å². The van der Waals surface area contributed by atoms with Crippen LogP contribution in [0.4, 0.5) is 0 Å². The Kier molecular flexibility index (Phi) is 4.63. The van der Waals surface area contributed by atoms with Crippen molar-refractivity contribution in [3.8, 4) is 11.5 Å². The molecule has 0 unspecified atom stereocenters. The van der Waals surface area contributed by atoms with Crippen molar-refractivity contribution in [2.75, 3.05) is 0 Å². The van der Waals surface area contributed by atoms with Gasteiger partial charge < -0.3 is 19.7 Å². The van der Waals surface area contributed by atoms with E-state index in [1.165, 1.54) is 24.3 Å².